The molecule has 0 aliphatic carbocycles. The molecule has 0 aliphatic heterocycles. The molecule has 8 heteroatoms. The molecular formula is C10H14N2O5S. The minimum Gasteiger partial charge on any atom is -0.497 e. The molecule has 0 aliphatic rings. The molecule has 0 unspecified atom stereocenters. The van der Waals surface area contributed by atoms with Crippen molar-refractivity contribution in [2.45, 2.75) is 0 Å². The van der Waals surface area contributed by atoms with E-state index in [2.05, 4.69) is 4.72 Å². The summed E-state index contributed by atoms with van der Waals surface area (Å²) in [5, 5.41) is 8.54. The summed E-state index contributed by atoms with van der Waals surface area (Å²) in [5.74, 6) is -0.732. The number of likely N-dealkylation sites (N-methyl/N-ethyl adjacent to an activating group) is 1. The van der Waals surface area contributed by atoms with Crippen molar-refractivity contribution in [3.63, 3.8) is 0 Å². The molecular weight excluding hydrogens is 260 g/mol. The molecule has 1 aromatic rings. The highest BCUT2D eigenvalue weighted by molar-refractivity contribution is 7.90. The van der Waals surface area contributed by atoms with E-state index in [0.717, 1.165) is 0 Å². The van der Waals surface area contributed by atoms with Gasteiger partial charge in [-0.3, -0.25) is 9.52 Å². The lowest BCUT2D eigenvalue weighted by Crippen LogP contribution is -2.36. The number of carboxylic acids is 1. The Bertz CT molecular complexity index is 529. The van der Waals surface area contributed by atoms with Crippen molar-refractivity contribution in [1.29, 1.82) is 0 Å². The van der Waals surface area contributed by atoms with Crippen LogP contribution in [-0.4, -0.2) is 44.5 Å². The van der Waals surface area contributed by atoms with Crippen LogP contribution in [0.1, 0.15) is 0 Å². The maximum absolute atomic E-state index is 11.7. The van der Waals surface area contributed by atoms with Crippen LogP contribution in [0.25, 0.3) is 0 Å². The number of benzene rings is 1. The van der Waals surface area contributed by atoms with E-state index in [1.165, 1.54) is 26.3 Å². The first kappa shape index (κ1) is 14.3. The summed E-state index contributed by atoms with van der Waals surface area (Å²) >= 11 is 0. The summed E-state index contributed by atoms with van der Waals surface area (Å²) < 4.78 is 31.4. The molecule has 0 saturated carbocycles. The van der Waals surface area contributed by atoms with Crippen molar-refractivity contribution < 1.29 is 23.1 Å². The molecule has 7 nitrogen and oxygen atoms in total. The zero-order chi connectivity index (χ0) is 13.8. The van der Waals surface area contributed by atoms with E-state index in [1.807, 2.05) is 0 Å². The average Bonchev–Trinajstić information content (AvgIpc) is 2.27. The Kier molecular flexibility index (Phi) is 4.51. The zero-order valence-corrected chi connectivity index (χ0v) is 10.8. The zero-order valence-electron chi connectivity index (χ0n) is 9.95. The standard InChI is InChI=1S/C10H14N2O5S/c1-12(7-10(13)14)18(15,16)11-8-4-3-5-9(6-8)17-2/h3-6,11H,7H2,1-2H3,(H,13,14). The Labute approximate surface area is 105 Å². The van der Waals surface area contributed by atoms with Crippen molar-refractivity contribution >= 4 is 21.9 Å². The fraction of sp³-hybridized carbons (Fsp3) is 0.300. The monoisotopic (exact) mass is 274 g/mol. The lowest BCUT2D eigenvalue weighted by Gasteiger charge is -2.16. The molecule has 1 aromatic carbocycles. The number of hydrogen-bond acceptors (Lipinski definition) is 4. The van der Waals surface area contributed by atoms with Gasteiger partial charge >= 0.3 is 16.2 Å². The molecule has 0 heterocycles. The van der Waals surface area contributed by atoms with Crippen LogP contribution in [0.5, 0.6) is 5.75 Å². The van der Waals surface area contributed by atoms with Crippen molar-refractivity contribution in [1.82, 2.24) is 4.31 Å². The largest absolute Gasteiger partial charge is 0.497 e. The first-order valence-corrected chi connectivity index (χ1v) is 6.39. The van der Waals surface area contributed by atoms with Gasteiger partial charge in [-0.2, -0.15) is 12.7 Å². The van der Waals surface area contributed by atoms with E-state index < -0.39 is 22.7 Å². The van der Waals surface area contributed by atoms with Gasteiger partial charge in [0.05, 0.1) is 12.8 Å². The second-order valence-corrected chi connectivity index (χ2v) is 5.27. The molecule has 18 heavy (non-hydrogen) atoms. The second-order valence-electron chi connectivity index (χ2n) is 3.49. The predicted molar refractivity (Wildman–Crippen MR) is 65.8 cm³/mol. The molecule has 0 spiro atoms. The molecule has 0 saturated heterocycles. The minimum atomic E-state index is -3.89. The van der Waals surface area contributed by atoms with Crippen LogP contribution >= 0.6 is 0 Å². The Hall–Kier alpha value is -1.80. The first-order chi connectivity index (χ1) is 8.35. The Morgan fingerprint density at radius 1 is 1.50 bits per heavy atom. The van der Waals surface area contributed by atoms with Gasteiger partial charge in [0.1, 0.15) is 12.3 Å². The minimum absolute atomic E-state index is 0.298. The van der Waals surface area contributed by atoms with Crippen LogP contribution < -0.4 is 9.46 Å². The maximum atomic E-state index is 11.7. The highest BCUT2D eigenvalue weighted by atomic mass is 32.2. The van der Waals surface area contributed by atoms with E-state index in [9.17, 15) is 13.2 Å². The normalized spacial score (nSPS) is 11.3. The van der Waals surface area contributed by atoms with Gasteiger partial charge in [0, 0.05) is 13.1 Å². The summed E-state index contributed by atoms with van der Waals surface area (Å²) in [6.07, 6.45) is 0. The number of carbonyl (C=O) groups is 1. The van der Waals surface area contributed by atoms with Crippen molar-refractivity contribution in [2.24, 2.45) is 0 Å². The number of aliphatic carboxylic acids is 1. The quantitative estimate of drug-likeness (QED) is 0.781. The van der Waals surface area contributed by atoms with Gasteiger partial charge < -0.3 is 9.84 Å². The predicted octanol–water partition coefficient (Wildman–Crippen LogP) is 0.368. The fourth-order valence-corrected chi connectivity index (χ4v) is 2.05. The average molecular weight is 274 g/mol. The van der Waals surface area contributed by atoms with Crippen LogP contribution in [0, 0.1) is 0 Å². The highest BCUT2D eigenvalue weighted by Crippen LogP contribution is 2.18. The van der Waals surface area contributed by atoms with E-state index in [1.54, 1.807) is 12.1 Å². The first-order valence-electron chi connectivity index (χ1n) is 4.95. The summed E-state index contributed by atoms with van der Waals surface area (Å²) in [5.41, 5.74) is 0.298. The molecule has 1 rings (SSSR count). The van der Waals surface area contributed by atoms with Crippen molar-refractivity contribution in [2.75, 3.05) is 25.4 Å². The van der Waals surface area contributed by atoms with E-state index in [0.29, 0.717) is 15.7 Å². The maximum Gasteiger partial charge on any atom is 0.318 e. The van der Waals surface area contributed by atoms with Gasteiger partial charge in [0.2, 0.25) is 0 Å². The van der Waals surface area contributed by atoms with Crippen LogP contribution in [0.15, 0.2) is 24.3 Å². The van der Waals surface area contributed by atoms with E-state index in [4.69, 9.17) is 9.84 Å². The number of anilines is 1. The highest BCUT2D eigenvalue weighted by Gasteiger charge is 2.20. The number of ether oxygens (including phenoxy) is 1. The summed E-state index contributed by atoms with van der Waals surface area (Å²) in [7, 11) is -1.25. The van der Waals surface area contributed by atoms with Crippen LogP contribution in [-0.2, 0) is 15.0 Å². The number of carboxylic acid groups (broad SMARTS) is 1. The fourth-order valence-electron chi connectivity index (χ4n) is 1.19. The molecule has 0 fully saturated rings. The molecule has 0 atom stereocenters. The van der Waals surface area contributed by atoms with Crippen LogP contribution in [0.2, 0.25) is 0 Å². The third-order valence-electron chi connectivity index (χ3n) is 2.08. The lowest BCUT2D eigenvalue weighted by molar-refractivity contribution is -0.137. The number of nitrogens with zero attached hydrogens (tertiary/aromatic N) is 1. The molecule has 0 radical (unpaired) electrons. The van der Waals surface area contributed by atoms with Crippen LogP contribution in [0.4, 0.5) is 5.69 Å². The van der Waals surface area contributed by atoms with Gasteiger partial charge in [-0.25, -0.2) is 0 Å². The summed E-state index contributed by atoms with van der Waals surface area (Å²) in [4.78, 5) is 10.5. The SMILES string of the molecule is COc1cccc(NS(=O)(=O)N(C)CC(=O)O)c1. The molecule has 100 valence electrons. The summed E-state index contributed by atoms with van der Waals surface area (Å²) in [6, 6.07) is 6.31. The molecule has 0 aromatic heterocycles. The van der Waals surface area contributed by atoms with Crippen molar-refractivity contribution in [3.8, 4) is 5.75 Å². The van der Waals surface area contributed by atoms with Crippen molar-refractivity contribution in [3.05, 3.63) is 24.3 Å². The van der Waals surface area contributed by atoms with Gasteiger partial charge in [-0.05, 0) is 12.1 Å². The number of methoxy groups -OCH3 is 1. The van der Waals surface area contributed by atoms with Crippen LogP contribution in [0.3, 0.4) is 0 Å². The lowest BCUT2D eigenvalue weighted by atomic mass is 10.3. The third kappa shape index (κ3) is 3.90. The number of hydrogen-bond donors (Lipinski definition) is 2. The van der Waals surface area contributed by atoms with E-state index >= 15 is 0 Å². The molecule has 2 N–H and O–H groups in total. The molecule has 0 amide bonds. The number of rotatable bonds is 6. The van der Waals surface area contributed by atoms with E-state index in [-0.39, 0.29) is 0 Å². The molecule has 0 bridgehead atoms. The topological polar surface area (TPSA) is 95.9 Å². The Morgan fingerprint density at radius 3 is 2.72 bits per heavy atom. The van der Waals surface area contributed by atoms with Gasteiger partial charge in [-0.1, -0.05) is 6.07 Å². The summed E-state index contributed by atoms with van der Waals surface area (Å²) in [6.45, 7) is -0.612. The van der Waals surface area contributed by atoms with Gasteiger partial charge in [-0.15, -0.1) is 0 Å². The Balaban J connectivity index is 2.84. The number of nitrogens with one attached hydrogen (secondary N) is 1. The van der Waals surface area contributed by atoms with Gasteiger partial charge in [0.15, 0.2) is 0 Å². The second kappa shape index (κ2) is 5.69. The Morgan fingerprint density at radius 2 is 2.17 bits per heavy atom. The smallest absolute Gasteiger partial charge is 0.318 e. The van der Waals surface area contributed by atoms with Gasteiger partial charge in [0.25, 0.3) is 0 Å². The third-order valence-corrected chi connectivity index (χ3v) is 3.53.